The lowest BCUT2D eigenvalue weighted by molar-refractivity contribution is -0.113. The molecule has 0 radical (unpaired) electrons. The van der Waals surface area contributed by atoms with Gasteiger partial charge in [0.15, 0.2) is 0 Å². The van der Waals surface area contributed by atoms with E-state index in [2.05, 4.69) is 4.99 Å². The minimum Gasteiger partial charge on any atom is -0.478 e. The van der Waals surface area contributed by atoms with Crippen LogP contribution in [0.25, 0.3) is 6.08 Å². The number of aliphatic imine (C=N–C) groups is 1. The van der Waals surface area contributed by atoms with Crippen LogP contribution in [-0.4, -0.2) is 22.8 Å². The Kier molecular flexibility index (Phi) is 4.75. The number of carbonyl (C=O) groups is 2. The number of carbonyl (C=O) groups excluding carboxylic acids is 1. The Morgan fingerprint density at radius 1 is 0.931 bits per heavy atom. The number of halogens is 1. The van der Waals surface area contributed by atoms with Crippen LogP contribution in [0.4, 0.5) is 10.1 Å². The molecule has 29 heavy (non-hydrogen) atoms. The van der Waals surface area contributed by atoms with Crippen LogP contribution in [0.3, 0.4) is 0 Å². The summed E-state index contributed by atoms with van der Waals surface area (Å²) in [6, 6.07) is 21.0. The summed E-state index contributed by atoms with van der Waals surface area (Å²) in [4.78, 5) is 30.1. The Labute approximate surface area is 166 Å². The molecule has 0 unspecified atom stereocenters. The van der Waals surface area contributed by atoms with E-state index in [0.29, 0.717) is 17.1 Å². The summed E-state index contributed by atoms with van der Waals surface area (Å²) in [7, 11) is 0. The summed E-state index contributed by atoms with van der Waals surface area (Å²) in [5.41, 5.74) is 2.26. The minimum atomic E-state index is -1.02. The highest BCUT2D eigenvalue weighted by molar-refractivity contribution is 6.33. The molecule has 0 spiro atoms. The second-order valence-corrected chi connectivity index (χ2v) is 6.38. The normalized spacial score (nSPS) is 14.9. The fourth-order valence-electron chi connectivity index (χ4n) is 3.01. The van der Waals surface area contributed by atoms with Crippen molar-refractivity contribution in [2.24, 2.45) is 4.99 Å². The lowest BCUT2D eigenvalue weighted by atomic mass is 10.1. The topological polar surface area (TPSA) is 70.0 Å². The van der Waals surface area contributed by atoms with Gasteiger partial charge in [-0.15, -0.1) is 0 Å². The first-order valence-corrected chi connectivity index (χ1v) is 8.82. The van der Waals surface area contributed by atoms with Crippen molar-refractivity contribution in [3.8, 4) is 0 Å². The lowest BCUT2D eigenvalue weighted by Crippen LogP contribution is -2.32. The SMILES string of the molecule is O=C(O)c1ccc(C=C2N=C(c3ccccc3)N(c3ccc(F)cc3)C2=O)cc1. The number of hydrogen-bond donors (Lipinski definition) is 1. The van der Waals surface area contributed by atoms with Gasteiger partial charge in [0.1, 0.15) is 17.3 Å². The summed E-state index contributed by atoms with van der Waals surface area (Å²) >= 11 is 0. The van der Waals surface area contributed by atoms with E-state index in [9.17, 15) is 14.0 Å². The molecule has 3 aromatic rings. The second-order valence-electron chi connectivity index (χ2n) is 6.38. The molecule has 1 aliphatic rings. The average molecular weight is 386 g/mol. The van der Waals surface area contributed by atoms with Gasteiger partial charge in [0.25, 0.3) is 5.91 Å². The Hall–Kier alpha value is -4.06. The number of nitrogens with zero attached hydrogens (tertiary/aromatic N) is 2. The predicted octanol–water partition coefficient (Wildman–Crippen LogP) is 4.36. The van der Waals surface area contributed by atoms with Crippen molar-refractivity contribution in [2.75, 3.05) is 4.90 Å². The maximum Gasteiger partial charge on any atom is 0.335 e. The minimum absolute atomic E-state index is 0.159. The van der Waals surface area contributed by atoms with Gasteiger partial charge in [0.2, 0.25) is 0 Å². The van der Waals surface area contributed by atoms with Crippen molar-refractivity contribution < 1.29 is 19.1 Å². The quantitative estimate of drug-likeness (QED) is 0.678. The van der Waals surface area contributed by atoms with Crippen molar-refractivity contribution in [3.05, 3.63) is 107 Å². The van der Waals surface area contributed by atoms with E-state index in [-0.39, 0.29) is 17.2 Å². The third kappa shape index (κ3) is 3.68. The van der Waals surface area contributed by atoms with Crippen LogP contribution < -0.4 is 4.90 Å². The van der Waals surface area contributed by atoms with Crippen LogP contribution in [-0.2, 0) is 4.79 Å². The first-order chi connectivity index (χ1) is 14.0. The number of benzene rings is 3. The lowest BCUT2D eigenvalue weighted by Gasteiger charge is -2.18. The summed E-state index contributed by atoms with van der Waals surface area (Å²) < 4.78 is 13.4. The van der Waals surface area contributed by atoms with E-state index in [4.69, 9.17) is 5.11 Å². The number of carboxylic acids is 1. The largest absolute Gasteiger partial charge is 0.478 e. The Bertz CT molecular complexity index is 1140. The van der Waals surface area contributed by atoms with Crippen LogP contribution in [0.5, 0.6) is 0 Å². The molecule has 5 nitrogen and oxygen atoms in total. The van der Waals surface area contributed by atoms with Crippen LogP contribution >= 0.6 is 0 Å². The van der Waals surface area contributed by atoms with Crippen molar-refractivity contribution in [2.45, 2.75) is 0 Å². The third-order valence-corrected chi connectivity index (χ3v) is 4.44. The van der Waals surface area contributed by atoms with E-state index >= 15 is 0 Å². The molecule has 0 saturated heterocycles. The Morgan fingerprint density at radius 3 is 2.21 bits per heavy atom. The fraction of sp³-hybridized carbons (Fsp3) is 0. The molecule has 0 atom stereocenters. The highest BCUT2D eigenvalue weighted by Crippen LogP contribution is 2.28. The Morgan fingerprint density at radius 2 is 1.59 bits per heavy atom. The molecule has 0 fully saturated rings. The number of rotatable bonds is 4. The standard InChI is InChI=1S/C23H15FN2O3/c24-18-10-12-19(13-11-18)26-21(16-4-2-1-3-5-16)25-20(22(26)27)14-15-6-8-17(9-7-15)23(28)29/h1-14H,(H,28,29). The average Bonchev–Trinajstić information content (AvgIpc) is 3.06. The maximum atomic E-state index is 13.4. The number of aromatic carboxylic acids is 1. The van der Waals surface area contributed by atoms with Crippen LogP contribution in [0.2, 0.25) is 0 Å². The van der Waals surface area contributed by atoms with E-state index in [1.807, 2.05) is 30.3 Å². The van der Waals surface area contributed by atoms with E-state index in [0.717, 1.165) is 5.56 Å². The molecule has 142 valence electrons. The smallest absolute Gasteiger partial charge is 0.335 e. The van der Waals surface area contributed by atoms with Crippen LogP contribution in [0, 0.1) is 5.82 Å². The van der Waals surface area contributed by atoms with Crippen LogP contribution in [0.15, 0.2) is 89.6 Å². The van der Waals surface area contributed by atoms with E-state index in [1.165, 1.54) is 41.3 Å². The summed E-state index contributed by atoms with van der Waals surface area (Å²) in [5, 5.41) is 9.02. The zero-order chi connectivity index (χ0) is 20.4. The molecular formula is C23H15FN2O3. The van der Waals surface area contributed by atoms with E-state index < -0.39 is 11.8 Å². The molecule has 1 amide bonds. The summed E-state index contributed by atoms with van der Waals surface area (Å²) in [6.07, 6.45) is 1.60. The van der Waals surface area contributed by atoms with Gasteiger partial charge in [0.05, 0.1) is 11.3 Å². The first-order valence-electron chi connectivity index (χ1n) is 8.82. The van der Waals surface area contributed by atoms with Gasteiger partial charge in [-0.1, -0.05) is 42.5 Å². The molecule has 3 aromatic carbocycles. The van der Waals surface area contributed by atoms with E-state index in [1.54, 1.807) is 18.2 Å². The third-order valence-electron chi connectivity index (χ3n) is 4.44. The maximum absolute atomic E-state index is 13.4. The van der Waals surface area contributed by atoms with Gasteiger partial charge >= 0.3 is 5.97 Å². The van der Waals surface area contributed by atoms with Gasteiger partial charge in [-0.25, -0.2) is 14.2 Å². The highest BCUT2D eigenvalue weighted by atomic mass is 19.1. The molecule has 1 aliphatic heterocycles. The van der Waals surface area contributed by atoms with Gasteiger partial charge in [-0.2, -0.15) is 0 Å². The summed E-state index contributed by atoms with van der Waals surface area (Å²) in [6.45, 7) is 0. The van der Waals surface area contributed by atoms with Crippen molar-refractivity contribution in [1.82, 2.24) is 0 Å². The summed E-state index contributed by atoms with van der Waals surface area (Å²) in [5.74, 6) is -1.32. The molecule has 0 aliphatic carbocycles. The molecule has 1 heterocycles. The molecular weight excluding hydrogens is 371 g/mol. The monoisotopic (exact) mass is 386 g/mol. The van der Waals surface area contributed by atoms with Gasteiger partial charge in [0, 0.05) is 5.56 Å². The molecule has 0 aromatic heterocycles. The van der Waals surface area contributed by atoms with Crippen molar-refractivity contribution in [1.29, 1.82) is 0 Å². The van der Waals surface area contributed by atoms with Crippen molar-refractivity contribution >= 4 is 29.5 Å². The number of amides is 1. The Balaban J connectivity index is 1.77. The zero-order valence-electron chi connectivity index (χ0n) is 15.1. The van der Waals surface area contributed by atoms with Crippen LogP contribution in [0.1, 0.15) is 21.5 Å². The van der Waals surface area contributed by atoms with Gasteiger partial charge in [-0.05, 0) is 48.0 Å². The molecule has 0 saturated carbocycles. The second kappa shape index (κ2) is 7.52. The van der Waals surface area contributed by atoms with Gasteiger partial charge in [-0.3, -0.25) is 9.69 Å². The van der Waals surface area contributed by atoms with Gasteiger partial charge < -0.3 is 5.11 Å². The number of hydrogen-bond acceptors (Lipinski definition) is 3. The zero-order valence-corrected chi connectivity index (χ0v) is 15.1. The highest BCUT2D eigenvalue weighted by Gasteiger charge is 2.32. The fourth-order valence-corrected chi connectivity index (χ4v) is 3.01. The number of carboxylic acid groups (broad SMARTS) is 1. The molecule has 0 bridgehead atoms. The predicted molar refractivity (Wildman–Crippen MR) is 108 cm³/mol. The number of anilines is 1. The van der Waals surface area contributed by atoms with Crippen molar-refractivity contribution in [3.63, 3.8) is 0 Å². The number of amidine groups is 1. The first kappa shape index (κ1) is 18.3. The molecule has 6 heteroatoms. The molecule has 1 N–H and O–H groups in total. The molecule has 4 rings (SSSR count).